The summed E-state index contributed by atoms with van der Waals surface area (Å²) in [6.45, 7) is 1.39. The Morgan fingerprint density at radius 1 is 1.32 bits per heavy atom. The van der Waals surface area contributed by atoms with Crippen molar-refractivity contribution in [2.45, 2.75) is 44.6 Å². The first-order chi connectivity index (χ1) is 13.3. The molecule has 1 saturated carbocycles. The number of carbonyl (C=O) groups excluding carboxylic acids is 2. The molecule has 28 heavy (non-hydrogen) atoms. The molecule has 9 heteroatoms. The summed E-state index contributed by atoms with van der Waals surface area (Å²) in [4.78, 5) is 36.5. The van der Waals surface area contributed by atoms with E-state index < -0.39 is 28.9 Å². The second-order valence-electron chi connectivity index (χ2n) is 6.61. The van der Waals surface area contributed by atoms with Crippen LogP contribution in [-0.4, -0.2) is 47.5 Å². The van der Waals surface area contributed by atoms with E-state index in [9.17, 15) is 25.0 Å². The minimum atomic E-state index is -0.875. The van der Waals surface area contributed by atoms with Crippen molar-refractivity contribution in [3.8, 4) is 11.8 Å². The summed E-state index contributed by atoms with van der Waals surface area (Å²) in [5, 5.41) is 20.7. The van der Waals surface area contributed by atoms with Gasteiger partial charge in [-0.2, -0.15) is 5.26 Å². The Morgan fingerprint density at radius 3 is 2.57 bits per heavy atom. The topological polar surface area (TPSA) is 123 Å². The summed E-state index contributed by atoms with van der Waals surface area (Å²) in [6.07, 6.45) is 3.92. The fourth-order valence-electron chi connectivity index (χ4n) is 3.27. The number of ether oxygens (including phenoxy) is 2. The van der Waals surface area contributed by atoms with Crippen molar-refractivity contribution in [3.63, 3.8) is 0 Å². The number of benzene rings is 1. The molecule has 1 aromatic carbocycles. The van der Waals surface area contributed by atoms with Gasteiger partial charge in [0.15, 0.2) is 12.4 Å². The minimum absolute atomic E-state index is 0.0492. The summed E-state index contributed by atoms with van der Waals surface area (Å²) in [6, 6.07) is 5.94. The first-order valence-electron chi connectivity index (χ1n) is 9.11. The summed E-state index contributed by atoms with van der Waals surface area (Å²) in [5.74, 6) is -1.30. The van der Waals surface area contributed by atoms with Crippen LogP contribution in [0.15, 0.2) is 18.2 Å². The highest BCUT2D eigenvalue weighted by atomic mass is 16.6. The van der Waals surface area contributed by atoms with E-state index in [1.54, 1.807) is 6.92 Å². The molecule has 2 rings (SSSR count). The largest absolute Gasteiger partial charge is 0.487 e. The van der Waals surface area contributed by atoms with Crippen LogP contribution in [0, 0.1) is 21.4 Å². The van der Waals surface area contributed by atoms with Crippen LogP contribution in [0.3, 0.4) is 0 Å². The van der Waals surface area contributed by atoms with E-state index in [0.29, 0.717) is 12.8 Å². The van der Waals surface area contributed by atoms with Gasteiger partial charge in [-0.05, 0) is 31.9 Å². The van der Waals surface area contributed by atoms with E-state index in [1.807, 2.05) is 0 Å². The lowest BCUT2D eigenvalue weighted by molar-refractivity contribution is -0.385. The Bertz CT molecular complexity index is 795. The molecule has 150 valence electrons. The first-order valence-corrected chi connectivity index (χ1v) is 9.11. The molecule has 0 heterocycles. The van der Waals surface area contributed by atoms with E-state index in [0.717, 1.165) is 25.3 Å². The van der Waals surface area contributed by atoms with Gasteiger partial charge in [0.1, 0.15) is 5.54 Å². The average molecular weight is 389 g/mol. The maximum absolute atomic E-state index is 12.4. The molecule has 0 aromatic heterocycles. The first kappa shape index (κ1) is 21.2. The Hall–Kier alpha value is -3.15. The summed E-state index contributed by atoms with van der Waals surface area (Å²) in [5.41, 5.74) is -1.29. The zero-order valence-electron chi connectivity index (χ0n) is 16.0. The van der Waals surface area contributed by atoms with E-state index in [2.05, 4.69) is 6.07 Å². The van der Waals surface area contributed by atoms with Gasteiger partial charge in [-0.15, -0.1) is 0 Å². The van der Waals surface area contributed by atoms with Gasteiger partial charge in [0.25, 0.3) is 5.91 Å². The van der Waals surface area contributed by atoms with Crippen molar-refractivity contribution in [1.29, 1.82) is 5.26 Å². The zero-order valence-corrected chi connectivity index (χ0v) is 16.0. The van der Waals surface area contributed by atoms with Gasteiger partial charge < -0.3 is 14.4 Å². The Kier molecular flexibility index (Phi) is 6.93. The molecular formula is C19H23N3O6. The molecule has 0 radical (unpaired) electrons. The Morgan fingerprint density at radius 2 is 2.00 bits per heavy atom. The van der Waals surface area contributed by atoms with Crippen LogP contribution in [0.2, 0.25) is 0 Å². The van der Waals surface area contributed by atoms with Gasteiger partial charge in [0, 0.05) is 13.1 Å². The predicted octanol–water partition coefficient (Wildman–Crippen LogP) is 2.84. The number of nitriles is 1. The highest BCUT2D eigenvalue weighted by Gasteiger charge is 2.39. The number of hydrogen-bond acceptors (Lipinski definition) is 7. The second kappa shape index (κ2) is 9.17. The summed E-state index contributed by atoms with van der Waals surface area (Å²) < 4.78 is 10.2. The molecule has 0 atom stereocenters. The molecule has 1 aliphatic carbocycles. The summed E-state index contributed by atoms with van der Waals surface area (Å²) in [7, 11) is 1.53. The van der Waals surface area contributed by atoms with Gasteiger partial charge in [-0.3, -0.25) is 14.9 Å². The normalized spacial score (nSPS) is 15.2. The highest BCUT2D eigenvalue weighted by molar-refractivity contribution is 5.92. The van der Waals surface area contributed by atoms with Crippen LogP contribution in [0.5, 0.6) is 5.75 Å². The van der Waals surface area contributed by atoms with Crippen LogP contribution >= 0.6 is 0 Å². The lowest BCUT2D eigenvalue weighted by Crippen LogP contribution is -2.51. The average Bonchev–Trinajstić information content (AvgIpc) is 2.71. The number of rotatable bonds is 7. The monoisotopic (exact) mass is 389 g/mol. The molecule has 1 amide bonds. The van der Waals surface area contributed by atoms with Crippen molar-refractivity contribution in [3.05, 3.63) is 33.9 Å². The highest BCUT2D eigenvalue weighted by Crippen LogP contribution is 2.32. The molecule has 1 aliphatic rings. The lowest BCUT2D eigenvalue weighted by atomic mass is 9.81. The van der Waals surface area contributed by atoms with Crippen molar-refractivity contribution in [2.24, 2.45) is 0 Å². The number of nitrogens with zero attached hydrogens (tertiary/aromatic N) is 3. The Balaban J connectivity index is 2.05. The van der Waals surface area contributed by atoms with Crippen molar-refractivity contribution >= 4 is 17.6 Å². The molecule has 0 N–H and O–H groups in total. The van der Waals surface area contributed by atoms with E-state index in [4.69, 9.17) is 9.47 Å². The van der Waals surface area contributed by atoms with Crippen molar-refractivity contribution in [1.82, 2.24) is 4.90 Å². The van der Waals surface area contributed by atoms with Crippen LogP contribution < -0.4 is 4.74 Å². The van der Waals surface area contributed by atoms with Crippen molar-refractivity contribution in [2.75, 3.05) is 20.3 Å². The quantitative estimate of drug-likeness (QED) is 0.399. The molecule has 0 saturated heterocycles. The van der Waals surface area contributed by atoms with E-state index >= 15 is 0 Å². The lowest BCUT2D eigenvalue weighted by Gasteiger charge is -2.38. The fourth-order valence-corrected chi connectivity index (χ4v) is 3.27. The molecule has 0 aliphatic heterocycles. The maximum Gasteiger partial charge on any atom is 0.338 e. The SMILES string of the molecule is CCOc1ccc(C(=O)OCC(=O)N(C)C2(C#N)CCCCC2)cc1[N+](=O)[O-]. The van der Waals surface area contributed by atoms with Crippen LogP contribution in [0.1, 0.15) is 49.4 Å². The molecule has 1 aromatic rings. The van der Waals surface area contributed by atoms with E-state index in [-0.39, 0.29) is 23.6 Å². The van der Waals surface area contributed by atoms with Gasteiger partial charge in [0.2, 0.25) is 0 Å². The van der Waals surface area contributed by atoms with Crippen LogP contribution in [-0.2, 0) is 9.53 Å². The molecule has 0 bridgehead atoms. The molecule has 1 fully saturated rings. The third kappa shape index (κ3) is 4.57. The maximum atomic E-state index is 12.4. The molecule has 0 unspecified atom stereocenters. The van der Waals surface area contributed by atoms with Gasteiger partial charge >= 0.3 is 11.7 Å². The molecular weight excluding hydrogens is 366 g/mol. The number of carbonyl (C=O) groups is 2. The zero-order chi connectivity index (χ0) is 20.7. The smallest absolute Gasteiger partial charge is 0.338 e. The Labute approximate surface area is 163 Å². The third-order valence-electron chi connectivity index (χ3n) is 4.92. The minimum Gasteiger partial charge on any atom is -0.487 e. The number of amides is 1. The molecule has 0 spiro atoms. The number of esters is 1. The standard InChI is InChI=1S/C19H23N3O6/c1-3-27-16-8-7-14(11-15(16)22(25)26)18(24)28-12-17(23)21(2)19(13-20)9-5-4-6-10-19/h7-8,11H,3-6,9-10,12H2,1-2H3. The number of hydrogen-bond donors (Lipinski definition) is 0. The van der Waals surface area contributed by atoms with E-state index in [1.165, 1.54) is 24.1 Å². The van der Waals surface area contributed by atoms with Gasteiger partial charge in [0.05, 0.1) is 23.2 Å². The fraction of sp³-hybridized carbons (Fsp3) is 0.526. The summed E-state index contributed by atoms with van der Waals surface area (Å²) >= 11 is 0. The third-order valence-corrected chi connectivity index (χ3v) is 4.92. The second-order valence-corrected chi connectivity index (χ2v) is 6.61. The number of nitro benzene ring substituents is 1. The number of likely N-dealkylation sites (N-methyl/N-ethyl adjacent to an activating group) is 1. The van der Waals surface area contributed by atoms with Gasteiger partial charge in [-0.1, -0.05) is 19.3 Å². The van der Waals surface area contributed by atoms with Gasteiger partial charge in [-0.25, -0.2) is 4.79 Å². The van der Waals surface area contributed by atoms with Crippen LogP contribution in [0.4, 0.5) is 5.69 Å². The van der Waals surface area contributed by atoms with Crippen molar-refractivity contribution < 1.29 is 24.0 Å². The van der Waals surface area contributed by atoms with Crippen LogP contribution in [0.25, 0.3) is 0 Å². The number of nitro groups is 1. The molecule has 9 nitrogen and oxygen atoms in total. The predicted molar refractivity (Wildman–Crippen MR) is 98.7 cm³/mol.